The lowest BCUT2D eigenvalue weighted by atomic mass is 10.4. The first-order chi connectivity index (χ1) is 8.58. The highest BCUT2D eigenvalue weighted by atomic mass is 16.4. The number of rotatable bonds is 6. The first-order valence-electron chi connectivity index (χ1n) is 5.67. The molecule has 0 saturated heterocycles. The van der Waals surface area contributed by atoms with Gasteiger partial charge < -0.3 is 15.3 Å². The Labute approximate surface area is 105 Å². The molecule has 7 heteroatoms. The Morgan fingerprint density at radius 3 is 2.39 bits per heavy atom. The standard InChI is InChI=1S/C11H16N4O3/c1-3-15(4-2)10(16)7-12-9-6-5-8(11(17)18)13-14-9/h5-6H,3-4,7H2,1-2H3,(H,12,14)(H,17,18). The molecule has 0 aromatic carbocycles. The van der Waals surface area contributed by atoms with Crippen molar-refractivity contribution in [2.45, 2.75) is 13.8 Å². The molecule has 2 N–H and O–H groups in total. The number of nitrogens with zero attached hydrogens (tertiary/aromatic N) is 3. The van der Waals surface area contributed by atoms with Crippen molar-refractivity contribution in [1.29, 1.82) is 0 Å². The summed E-state index contributed by atoms with van der Waals surface area (Å²) >= 11 is 0. The molecule has 0 aliphatic carbocycles. The fourth-order valence-electron chi connectivity index (χ4n) is 1.39. The van der Waals surface area contributed by atoms with Gasteiger partial charge in [-0.05, 0) is 26.0 Å². The van der Waals surface area contributed by atoms with Crippen molar-refractivity contribution in [3.8, 4) is 0 Å². The molecule has 1 heterocycles. The lowest BCUT2D eigenvalue weighted by molar-refractivity contribution is -0.128. The Morgan fingerprint density at radius 2 is 1.94 bits per heavy atom. The summed E-state index contributed by atoms with van der Waals surface area (Å²) < 4.78 is 0. The normalized spacial score (nSPS) is 9.89. The number of amides is 1. The van der Waals surface area contributed by atoms with Crippen molar-refractivity contribution in [2.24, 2.45) is 0 Å². The Bertz CT molecular complexity index is 415. The molecular weight excluding hydrogens is 236 g/mol. The van der Waals surface area contributed by atoms with E-state index >= 15 is 0 Å². The number of aromatic nitrogens is 2. The van der Waals surface area contributed by atoms with Crippen LogP contribution < -0.4 is 5.32 Å². The molecule has 1 aromatic heterocycles. The number of aromatic carboxylic acids is 1. The van der Waals surface area contributed by atoms with Crippen LogP contribution in [0.25, 0.3) is 0 Å². The molecule has 1 rings (SSSR count). The van der Waals surface area contributed by atoms with Crippen molar-refractivity contribution < 1.29 is 14.7 Å². The summed E-state index contributed by atoms with van der Waals surface area (Å²) in [6, 6.07) is 2.81. The summed E-state index contributed by atoms with van der Waals surface area (Å²) in [5.74, 6) is -0.794. The summed E-state index contributed by atoms with van der Waals surface area (Å²) in [6.45, 7) is 5.23. The van der Waals surface area contributed by atoms with E-state index < -0.39 is 5.97 Å². The molecule has 1 aromatic rings. The molecule has 0 spiro atoms. The van der Waals surface area contributed by atoms with Crippen LogP contribution in [0.3, 0.4) is 0 Å². The Hall–Kier alpha value is -2.18. The molecule has 0 atom stereocenters. The van der Waals surface area contributed by atoms with Crippen molar-refractivity contribution >= 4 is 17.7 Å². The number of hydrogen-bond donors (Lipinski definition) is 2. The molecule has 0 aliphatic rings. The van der Waals surface area contributed by atoms with Crippen molar-refractivity contribution in [2.75, 3.05) is 25.0 Å². The highest BCUT2D eigenvalue weighted by molar-refractivity contribution is 5.85. The van der Waals surface area contributed by atoms with E-state index in [2.05, 4.69) is 15.5 Å². The first-order valence-corrected chi connectivity index (χ1v) is 5.67. The summed E-state index contributed by atoms with van der Waals surface area (Å²) in [4.78, 5) is 23.9. The van der Waals surface area contributed by atoms with Crippen molar-refractivity contribution in [1.82, 2.24) is 15.1 Å². The second kappa shape index (κ2) is 6.53. The van der Waals surface area contributed by atoms with E-state index in [1.54, 1.807) is 4.90 Å². The average molecular weight is 252 g/mol. The van der Waals surface area contributed by atoms with Gasteiger partial charge in [-0.1, -0.05) is 0 Å². The summed E-state index contributed by atoms with van der Waals surface area (Å²) in [7, 11) is 0. The number of likely N-dealkylation sites (N-methyl/N-ethyl adjacent to an activating group) is 1. The van der Waals surface area contributed by atoms with E-state index in [1.807, 2.05) is 13.8 Å². The predicted molar refractivity (Wildman–Crippen MR) is 65.4 cm³/mol. The molecular formula is C11H16N4O3. The smallest absolute Gasteiger partial charge is 0.356 e. The molecule has 1 amide bonds. The van der Waals surface area contributed by atoms with E-state index in [0.29, 0.717) is 18.9 Å². The van der Waals surface area contributed by atoms with Gasteiger partial charge in [-0.15, -0.1) is 10.2 Å². The zero-order valence-corrected chi connectivity index (χ0v) is 10.4. The number of anilines is 1. The molecule has 0 bridgehead atoms. The van der Waals surface area contributed by atoms with Crippen LogP contribution in [-0.4, -0.2) is 51.7 Å². The summed E-state index contributed by atoms with van der Waals surface area (Å²) in [5.41, 5.74) is -0.129. The zero-order chi connectivity index (χ0) is 13.5. The van der Waals surface area contributed by atoms with Crippen LogP contribution in [0.15, 0.2) is 12.1 Å². The van der Waals surface area contributed by atoms with Gasteiger partial charge in [0.05, 0.1) is 6.54 Å². The fourth-order valence-corrected chi connectivity index (χ4v) is 1.39. The highest BCUT2D eigenvalue weighted by Crippen LogP contribution is 2.02. The zero-order valence-electron chi connectivity index (χ0n) is 10.4. The third-order valence-electron chi connectivity index (χ3n) is 2.42. The topological polar surface area (TPSA) is 95.4 Å². The average Bonchev–Trinajstić information content (AvgIpc) is 2.38. The minimum atomic E-state index is -1.13. The summed E-state index contributed by atoms with van der Waals surface area (Å²) in [5, 5.41) is 18.6. The van der Waals surface area contributed by atoms with E-state index in [4.69, 9.17) is 5.11 Å². The Kier molecular flexibility index (Phi) is 5.04. The Balaban J connectivity index is 2.53. The molecule has 0 unspecified atom stereocenters. The minimum absolute atomic E-state index is 0.0379. The van der Waals surface area contributed by atoms with Gasteiger partial charge in [-0.25, -0.2) is 4.79 Å². The molecule has 98 valence electrons. The van der Waals surface area contributed by atoms with Crippen LogP contribution >= 0.6 is 0 Å². The number of nitrogens with one attached hydrogen (secondary N) is 1. The summed E-state index contributed by atoms with van der Waals surface area (Å²) in [6.07, 6.45) is 0. The second-order valence-corrected chi connectivity index (χ2v) is 3.53. The van der Waals surface area contributed by atoms with Crippen LogP contribution in [0.4, 0.5) is 5.82 Å². The Morgan fingerprint density at radius 1 is 1.28 bits per heavy atom. The van der Waals surface area contributed by atoms with Gasteiger partial charge in [-0.3, -0.25) is 4.79 Å². The molecule has 0 aliphatic heterocycles. The maximum Gasteiger partial charge on any atom is 0.356 e. The van der Waals surface area contributed by atoms with E-state index in [-0.39, 0.29) is 18.1 Å². The van der Waals surface area contributed by atoms with E-state index in [1.165, 1.54) is 12.1 Å². The third kappa shape index (κ3) is 3.69. The van der Waals surface area contributed by atoms with Gasteiger partial charge in [0.2, 0.25) is 5.91 Å². The van der Waals surface area contributed by atoms with Crippen molar-refractivity contribution in [3.63, 3.8) is 0 Å². The van der Waals surface area contributed by atoms with Gasteiger partial charge in [0.1, 0.15) is 5.82 Å². The van der Waals surface area contributed by atoms with E-state index in [9.17, 15) is 9.59 Å². The van der Waals surface area contributed by atoms with E-state index in [0.717, 1.165) is 0 Å². The van der Waals surface area contributed by atoms with Gasteiger partial charge >= 0.3 is 5.97 Å². The maximum atomic E-state index is 11.7. The third-order valence-corrected chi connectivity index (χ3v) is 2.42. The lowest BCUT2D eigenvalue weighted by Crippen LogP contribution is -2.35. The van der Waals surface area contributed by atoms with Gasteiger partial charge in [-0.2, -0.15) is 0 Å². The minimum Gasteiger partial charge on any atom is -0.476 e. The molecule has 18 heavy (non-hydrogen) atoms. The van der Waals surface area contributed by atoms with Crippen LogP contribution in [0.2, 0.25) is 0 Å². The van der Waals surface area contributed by atoms with Crippen LogP contribution in [-0.2, 0) is 4.79 Å². The van der Waals surface area contributed by atoms with Crippen LogP contribution in [0, 0.1) is 0 Å². The number of carboxylic acids is 1. The van der Waals surface area contributed by atoms with Gasteiger partial charge in [0.25, 0.3) is 0 Å². The van der Waals surface area contributed by atoms with Crippen LogP contribution in [0.5, 0.6) is 0 Å². The second-order valence-electron chi connectivity index (χ2n) is 3.53. The molecule has 7 nitrogen and oxygen atoms in total. The van der Waals surface area contributed by atoms with Gasteiger partial charge in [0.15, 0.2) is 5.69 Å². The first kappa shape index (κ1) is 13.9. The van der Waals surface area contributed by atoms with Crippen molar-refractivity contribution in [3.05, 3.63) is 17.8 Å². The van der Waals surface area contributed by atoms with Gasteiger partial charge in [0, 0.05) is 13.1 Å². The lowest BCUT2D eigenvalue weighted by Gasteiger charge is -2.18. The fraction of sp³-hybridized carbons (Fsp3) is 0.455. The monoisotopic (exact) mass is 252 g/mol. The van der Waals surface area contributed by atoms with Crippen LogP contribution in [0.1, 0.15) is 24.3 Å². The number of carbonyl (C=O) groups excluding carboxylic acids is 1. The number of carboxylic acid groups (broad SMARTS) is 1. The SMILES string of the molecule is CCN(CC)C(=O)CNc1ccc(C(=O)O)nn1. The molecule has 0 saturated carbocycles. The maximum absolute atomic E-state index is 11.7. The predicted octanol–water partition coefficient (Wildman–Crippen LogP) is 0.455. The molecule has 0 fully saturated rings. The molecule has 0 radical (unpaired) electrons. The highest BCUT2D eigenvalue weighted by Gasteiger charge is 2.10. The quantitative estimate of drug-likeness (QED) is 0.763. The number of hydrogen-bond acceptors (Lipinski definition) is 5. The number of carbonyl (C=O) groups is 2. The largest absolute Gasteiger partial charge is 0.476 e.